The molecule has 0 aliphatic rings. The van der Waals surface area contributed by atoms with Gasteiger partial charge < -0.3 is 4.74 Å². The third-order valence-electron chi connectivity index (χ3n) is 1.93. The lowest BCUT2D eigenvalue weighted by atomic mass is 10.2. The molecule has 0 saturated heterocycles. The summed E-state index contributed by atoms with van der Waals surface area (Å²) in [6.45, 7) is 0.571. The van der Waals surface area contributed by atoms with E-state index in [9.17, 15) is 4.39 Å². The first-order valence-corrected chi connectivity index (χ1v) is 7.26. The summed E-state index contributed by atoms with van der Waals surface area (Å²) in [5.74, 6) is 1.14. The van der Waals surface area contributed by atoms with Gasteiger partial charge in [-0.1, -0.05) is 28.1 Å². The Bertz CT molecular complexity index is 307. The van der Waals surface area contributed by atoms with Crippen molar-refractivity contribution in [2.75, 3.05) is 18.6 Å². The molecule has 1 nitrogen and oxygen atoms in total. The Kier molecular flexibility index (Phi) is 6.10. The third kappa shape index (κ3) is 4.03. The molecule has 0 N–H and O–H groups in total. The Labute approximate surface area is 103 Å². The van der Waals surface area contributed by atoms with Gasteiger partial charge in [0.05, 0.1) is 6.61 Å². The lowest BCUT2D eigenvalue weighted by Gasteiger charge is -2.10. The predicted octanol–water partition coefficient (Wildman–Crippen LogP) is 3.85. The summed E-state index contributed by atoms with van der Waals surface area (Å²) in [4.78, 5) is 0. The molecule has 0 aliphatic carbocycles. The van der Waals surface area contributed by atoms with Crippen LogP contribution in [0.25, 0.3) is 0 Å². The van der Waals surface area contributed by atoms with Gasteiger partial charge in [-0.2, -0.15) is 11.8 Å². The largest absolute Gasteiger partial charge is 0.490 e. The maximum Gasteiger partial charge on any atom is 0.165 e. The number of halogens is 2. The Morgan fingerprint density at radius 1 is 1.47 bits per heavy atom. The first-order valence-electron chi connectivity index (χ1n) is 4.74. The molecule has 0 heterocycles. The fraction of sp³-hybridized carbons (Fsp3) is 0.455. The van der Waals surface area contributed by atoms with E-state index in [0.717, 1.165) is 17.7 Å². The molecule has 0 spiro atoms. The highest BCUT2D eigenvalue weighted by Gasteiger charge is 2.08. The van der Waals surface area contributed by atoms with E-state index in [1.165, 1.54) is 6.07 Å². The van der Waals surface area contributed by atoms with Crippen molar-refractivity contribution in [2.45, 2.75) is 11.8 Å². The lowest BCUT2D eigenvalue weighted by molar-refractivity contribution is 0.300. The van der Waals surface area contributed by atoms with Gasteiger partial charge in [0.2, 0.25) is 0 Å². The summed E-state index contributed by atoms with van der Waals surface area (Å²) in [6, 6.07) is 4.98. The molecule has 0 saturated carbocycles. The van der Waals surface area contributed by atoms with Crippen LogP contribution in [0.5, 0.6) is 5.75 Å². The van der Waals surface area contributed by atoms with Crippen molar-refractivity contribution in [1.29, 1.82) is 0 Å². The van der Waals surface area contributed by atoms with E-state index in [1.807, 2.05) is 12.3 Å². The molecule has 1 aromatic carbocycles. The van der Waals surface area contributed by atoms with Gasteiger partial charge >= 0.3 is 0 Å². The molecule has 15 heavy (non-hydrogen) atoms. The molecule has 0 radical (unpaired) electrons. The van der Waals surface area contributed by atoms with E-state index in [1.54, 1.807) is 17.8 Å². The van der Waals surface area contributed by atoms with Gasteiger partial charge in [-0.05, 0) is 24.5 Å². The van der Waals surface area contributed by atoms with E-state index in [2.05, 4.69) is 15.9 Å². The number of ether oxygens (including phenoxy) is 1. The average Bonchev–Trinajstić information content (AvgIpc) is 2.26. The highest BCUT2D eigenvalue weighted by Crippen LogP contribution is 2.24. The Morgan fingerprint density at radius 2 is 2.27 bits per heavy atom. The Hall–Kier alpha value is -0.220. The smallest absolute Gasteiger partial charge is 0.165 e. The molecule has 1 aromatic rings. The van der Waals surface area contributed by atoms with Crippen molar-refractivity contribution < 1.29 is 9.13 Å². The van der Waals surface area contributed by atoms with Crippen LogP contribution in [0.15, 0.2) is 18.2 Å². The number of para-hydroxylation sites is 1. The second kappa shape index (κ2) is 7.12. The molecule has 0 aromatic heterocycles. The van der Waals surface area contributed by atoms with Crippen molar-refractivity contribution in [3.05, 3.63) is 29.6 Å². The minimum Gasteiger partial charge on any atom is -0.490 e. The third-order valence-corrected chi connectivity index (χ3v) is 3.23. The molecule has 0 amide bonds. The van der Waals surface area contributed by atoms with Crippen LogP contribution in [0.2, 0.25) is 0 Å². The Morgan fingerprint density at radius 3 is 2.93 bits per heavy atom. The second-order valence-corrected chi connectivity index (χ2v) is 4.60. The zero-order valence-corrected chi connectivity index (χ0v) is 11.0. The highest BCUT2D eigenvalue weighted by molar-refractivity contribution is 9.08. The van der Waals surface area contributed by atoms with Crippen molar-refractivity contribution in [3.8, 4) is 5.75 Å². The maximum atomic E-state index is 13.4. The number of thioether (sulfide) groups is 1. The van der Waals surface area contributed by atoms with E-state index in [4.69, 9.17) is 4.74 Å². The molecule has 0 fully saturated rings. The van der Waals surface area contributed by atoms with Crippen LogP contribution in [0, 0.1) is 5.82 Å². The molecule has 84 valence electrons. The normalized spacial score (nSPS) is 10.3. The van der Waals surface area contributed by atoms with E-state index >= 15 is 0 Å². The van der Waals surface area contributed by atoms with Gasteiger partial charge in [-0.15, -0.1) is 0 Å². The van der Waals surface area contributed by atoms with E-state index in [0.29, 0.717) is 17.7 Å². The fourth-order valence-electron chi connectivity index (χ4n) is 1.20. The van der Waals surface area contributed by atoms with Gasteiger partial charge in [0.1, 0.15) is 0 Å². The van der Waals surface area contributed by atoms with Crippen LogP contribution in [0.4, 0.5) is 4.39 Å². The van der Waals surface area contributed by atoms with Crippen LogP contribution < -0.4 is 4.74 Å². The van der Waals surface area contributed by atoms with E-state index < -0.39 is 0 Å². The molecule has 1 rings (SSSR count). The standard InChI is InChI=1S/C11H14BrFOS/c1-15-7-3-6-14-11-9(8-12)4-2-5-10(11)13/h2,4-5H,3,6-8H2,1H3. The Balaban J connectivity index is 2.58. The van der Waals surface area contributed by atoms with Crippen LogP contribution in [-0.2, 0) is 5.33 Å². The van der Waals surface area contributed by atoms with Gasteiger partial charge in [0.15, 0.2) is 11.6 Å². The quantitative estimate of drug-likeness (QED) is 0.582. The first kappa shape index (κ1) is 12.8. The summed E-state index contributed by atoms with van der Waals surface area (Å²) in [7, 11) is 0. The van der Waals surface area contributed by atoms with Crippen LogP contribution >= 0.6 is 27.7 Å². The summed E-state index contributed by atoms with van der Waals surface area (Å²) in [5.41, 5.74) is 0.860. The van der Waals surface area contributed by atoms with Crippen LogP contribution in [0.1, 0.15) is 12.0 Å². The second-order valence-electron chi connectivity index (χ2n) is 3.06. The van der Waals surface area contributed by atoms with E-state index in [-0.39, 0.29) is 5.82 Å². The van der Waals surface area contributed by atoms with Gasteiger partial charge in [-0.3, -0.25) is 0 Å². The van der Waals surface area contributed by atoms with Gasteiger partial charge in [0.25, 0.3) is 0 Å². The molecule has 0 aliphatic heterocycles. The zero-order valence-electron chi connectivity index (χ0n) is 8.63. The van der Waals surface area contributed by atoms with Crippen molar-refractivity contribution >= 4 is 27.7 Å². The molecule has 0 bridgehead atoms. The number of rotatable bonds is 6. The van der Waals surface area contributed by atoms with Crippen molar-refractivity contribution in [2.24, 2.45) is 0 Å². The number of hydrogen-bond donors (Lipinski definition) is 0. The highest BCUT2D eigenvalue weighted by atomic mass is 79.9. The molecule has 4 heteroatoms. The number of alkyl halides is 1. The summed E-state index contributed by atoms with van der Waals surface area (Å²) < 4.78 is 18.8. The average molecular weight is 293 g/mol. The summed E-state index contributed by atoms with van der Waals surface area (Å²) >= 11 is 5.08. The minimum absolute atomic E-state index is 0.281. The molecular weight excluding hydrogens is 279 g/mol. The van der Waals surface area contributed by atoms with Crippen LogP contribution in [-0.4, -0.2) is 18.6 Å². The molecule has 0 atom stereocenters. The SMILES string of the molecule is CSCCCOc1c(F)cccc1CBr. The minimum atomic E-state index is -0.281. The topological polar surface area (TPSA) is 9.23 Å². The number of hydrogen-bond acceptors (Lipinski definition) is 2. The fourth-order valence-corrected chi connectivity index (χ4v) is 2.05. The molecule has 0 unspecified atom stereocenters. The predicted molar refractivity (Wildman–Crippen MR) is 67.5 cm³/mol. The summed E-state index contributed by atoms with van der Waals surface area (Å²) in [6.07, 6.45) is 2.99. The maximum absolute atomic E-state index is 13.4. The molecular formula is C11H14BrFOS. The van der Waals surface area contributed by atoms with Gasteiger partial charge in [0, 0.05) is 10.9 Å². The summed E-state index contributed by atoms with van der Waals surface area (Å²) in [5, 5.41) is 0.614. The van der Waals surface area contributed by atoms with Crippen molar-refractivity contribution in [1.82, 2.24) is 0 Å². The van der Waals surface area contributed by atoms with Gasteiger partial charge in [-0.25, -0.2) is 4.39 Å². The first-order chi connectivity index (χ1) is 7.29. The lowest BCUT2D eigenvalue weighted by Crippen LogP contribution is -2.02. The van der Waals surface area contributed by atoms with Crippen LogP contribution in [0.3, 0.4) is 0 Å². The zero-order chi connectivity index (χ0) is 11.1. The monoisotopic (exact) mass is 292 g/mol. The number of benzene rings is 1. The van der Waals surface area contributed by atoms with Crippen molar-refractivity contribution in [3.63, 3.8) is 0 Å².